The Morgan fingerprint density at radius 3 is 2.91 bits per heavy atom. The third-order valence-corrected chi connectivity index (χ3v) is 6.77. The predicted molar refractivity (Wildman–Crippen MR) is 120 cm³/mol. The first-order chi connectivity index (χ1) is 16.2. The standard InChI is InChI=1S/C24H23N7O2/c1-32-18-10-24(11-18,5-6-25)31-8-4-20(29-31)23-19-3-2-7-26-22(19)9-21(28-23)16-12-27-30(13-16)17-14-33-15-17/h2-4,7-9,12-13,17-18H,5,10-11,14-15H2,1H3/t18-,24+. The molecule has 0 amide bonds. The van der Waals surface area contributed by atoms with E-state index in [1.807, 2.05) is 52.2 Å². The maximum atomic E-state index is 9.41. The minimum atomic E-state index is -0.328. The second-order valence-corrected chi connectivity index (χ2v) is 8.80. The molecule has 0 aromatic carbocycles. The monoisotopic (exact) mass is 441 g/mol. The molecular weight excluding hydrogens is 418 g/mol. The molecule has 166 valence electrons. The van der Waals surface area contributed by atoms with Crippen molar-refractivity contribution >= 4 is 10.9 Å². The molecule has 2 fully saturated rings. The van der Waals surface area contributed by atoms with Crippen LogP contribution < -0.4 is 0 Å². The van der Waals surface area contributed by atoms with Gasteiger partial charge >= 0.3 is 0 Å². The molecule has 9 nitrogen and oxygen atoms in total. The van der Waals surface area contributed by atoms with Crippen LogP contribution in [0, 0.1) is 11.3 Å². The highest BCUT2D eigenvalue weighted by atomic mass is 16.5. The molecule has 0 N–H and O–H groups in total. The van der Waals surface area contributed by atoms with Gasteiger partial charge in [-0.3, -0.25) is 14.3 Å². The average Bonchev–Trinajstić information content (AvgIpc) is 3.45. The van der Waals surface area contributed by atoms with Crippen LogP contribution in [0.15, 0.2) is 49.1 Å². The molecule has 0 spiro atoms. The fraction of sp³-hybridized carbons (Fsp3) is 0.375. The fourth-order valence-electron chi connectivity index (χ4n) is 4.69. The van der Waals surface area contributed by atoms with Gasteiger partial charge in [0.1, 0.15) is 11.4 Å². The Morgan fingerprint density at radius 1 is 1.27 bits per heavy atom. The van der Waals surface area contributed by atoms with Gasteiger partial charge in [0.25, 0.3) is 0 Å². The topological polar surface area (TPSA) is 104 Å². The van der Waals surface area contributed by atoms with Crippen LogP contribution in [0.2, 0.25) is 0 Å². The fourth-order valence-corrected chi connectivity index (χ4v) is 4.69. The number of hydrogen-bond donors (Lipinski definition) is 0. The van der Waals surface area contributed by atoms with Gasteiger partial charge in [0.2, 0.25) is 0 Å². The van der Waals surface area contributed by atoms with E-state index in [9.17, 15) is 5.26 Å². The highest BCUT2D eigenvalue weighted by Gasteiger charge is 2.47. The number of hydrogen-bond acceptors (Lipinski definition) is 7. The number of nitriles is 1. The van der Waals surface area contributed by atoms with Gasteiger partial charge in [0, 0.05) is 36.7 Å². The van der Waals surface area contributed by atoms with Gasteiger partial charge < -0.3 is 9.47 Å². The summed E-state index contributed by atoms with van der Waals surface area (Å²) in [6.07, 6.45) is 9.68. The Labute approximate surface area is 190 Å². The molecule has 0 atom stereocenters. The molecule has 0 unspecified atom stereocenters. The number of aromatic nitrogens is 6. The smallest absolute Gasteiger partial charge is 0.111 e. The maximum absolute atomic E-state index is 9.41. The van der Waals surface area contributed by atoms with Gasteiger partial charge in [-0.05, 0) is 37.1 Å². The molecule has 4 aromatic rings. The second-order valence-electron chi connectivity index (χ2n) is 8.80. The Bertz CT molecular complexity index is 1360. The zero-order valence-corrected chi connectivity index (χ0v) is 18.3. The SMILES string of the molecule is CO[C@H]1C[C@@](CC#N)(n2ccc(-c3nc(-c4cnn(C5COC5)c4)cc4ncccc34)n2)C1. The first-order valence-corrected chi connectivity index (χ1v) is 11.0. The normalized spacial score (nSPS) is 22.6. The average molecular weight is 441 g/mol. The van der Waals surface area contributed by atoms with Crippen molar-refractivity contribution in [2.45, 2.75) is 36.9 Å². The zero-order chi connectivity index (χ0) is 22.4. The Morgan fingerprint density at radius 2 is 2.15 bits per heavy atom. The Hall–Kier alpha value is -3.61. The number of nitrogens with zero attached hydrogens (tertiary/aromatic N) is 7. The zero-order valence-electron chi connectivity index (χ0n) is 18.3. The lowest BCUT2D eigenvalue weighted by atomic mass is 9.72. The van der Waals surface area contributed by atoms with Crippen molar-refractivity contribution in [3.05, 3.63) is 49.1 Å². The summed E-state index contributed by atoms with van der Waals surface area (Å²) in [7, 11) is 1.71. The first kappa shape index (κ1) is 20.0. The quantitative estimate of drug-likeness (QED) is 0.452. The second kappa shape index (κ2) is 7.76. The van der Waals surface area contributed by atoms with Gasteiger partial charge in [-0.1, -0.05) is 0 Å². The maximum Gasteiger partial charge on any atom is 0.111 e. The van der Waals surface area contributed by atoms with E-state index in [2.05, 4.69) is 16.2 Å². The number of methoxy groups -OCH3 is 1. The molecule has 2 aliphatic rings. The van der Waals surface area contributed by atoms with Crippen molar-refractivity contribution in [3.8, 4) is 28.7 Å². The highest BCUT2D eigenvalue weighted by Crippen LogP contribution is 2.43. The molecule has 5 heterocycles. The van der Waals surface area contributed by atoms with Crippen molar-refractivity contribution in [1.82, 2.24) is 29.5 Å². The van der Waals surface area contributed by atoms with E-state index < -0.39 is 0 Å². The number of pyridine rings is 2. The molecule has 33 heavy (non-hydrogen) atoms. The molecule has 1 aliphatic heterocycles. The predicted octanol–water partition coefficient (Wildman–Crippen LogP) is 3.35. The first-order valence-electron chi connectivity index (χ1n) is 11.0. The summed E-state index contributed by atoms with van der Waals surface area (Å²) in [5.74, 6) is 0. The summed E-state index contributed by atoms with van der Waals surface area (Å²) in [5, 5.41) is 19.7. The largest absolute Gasteiger partial charge is 0.381 e. The number of ether oxygens (including phenoxy) is 2. The van der Waals surface area contributed by atoms with Crippen LogP contribution in [0.1, 0.15) is 25.3 Å². The van der Waals surface area contributed by atoms with E-state index >= 15 is 0 Å². The van der Waals surface area contributed by atoms with Gasteiger partial charge in [-0.25, -0.2) is 4.98 Å². The molecule has 0 bridgehead atoms. The lowest BCUT2D eigenvalue weighted by Crippen LogP contribution is -2.50. The van der Waals surface area contributed by atoms with Gasteiger partial charge in [-0.15, -0.1) is 0 Å². The van der Waals surface area contributed by atoms with E-state index in [4.69, 9.17) is 19.6 Å². The van der Waals surface area contributed by atoms with Gasteiger partial charge in [0.05, 0.1) is 60.8 Å². The van der Waals surface area contributed by atoms with Crippen molar-refractivity contribution in [2.75, 3.05) is 20.3 Å². The van der Waals surface area contributed by atoms with Crippen LogP contribution in [0.3, 0.4) is 0 Å². The molecule has 1 saturated heterocycles. The van der Waals surface area contributed by atoms with Crippen LogP contribution in [0.5, 0.6) is 0 Å². The summed E-state index contributed by atoms with van der Waals surface area (Å²) in [6.45, 7) is 1.37. The molecule has 1 aliphatic carbocycles. The number of rotatable bonds is 6. The molecule has 1 saturated carbocycles. The number of fused-ring (bicyclic) bond motifs is 1. The summed E-state index contributed by atoms with van der Waals surface area (Å²) >= 11 is 0. The van der Waals surface area contributed by atoms with Crippen molar-refractivity contribution in [3.63, 3.8) is 0 Å². The summed E-state index contributed by atoms with van der Waals surface area (Å²) in [5.41, 5.74) is 3.77. The minimum absolute atomic E-state index is 0.162. The lowest BCUT2D eigenvalue weighted by molar-refractivity contribution is -0.0541. The van der Waals surface area contributed by atoms with Crippen molar-refractivity contribution in [1.29, 1.82) is 5.26 Å². The van der Waals surface area contributed by atoms with Gasteiger partial charge in [0.15, 0.2) is 0 Å². The van der Waals surface area contributed by atoms with Crippen LogP contribution in [-0.2, 0) is 15.0 Å². The van der Waals surface area contributed by atoms with Gasteiger partial charge in [-0.2, -0.15) is 15.5 Å². The van der Waals surface area contributed by atoms with Crippen LogP contribution >= 0.6 is 0 Å². The third kappa shape index (κ3) is 3.30. The van der Waals surface area contributed by atoms with E-state index in [0.717, 1.165) is 46.4 Å². The van der Waals surface area contributed by atoms with E-state index in [0.29, 0.717) is 19.6 Å². The summed E-state index contributed by atoms with van der Waals surface area (Å²) in [6, 6.07) is 10.5. The van der Waals surface area contributed by atoms with Crippen molar-refractivity contribution in [2.24, 2.45) is 0 Å². The van der Waals surface area contributed by atoms with Crippen LogP contribution in [-0.4, -0.2) is 56.0 Å². The molecular formula is C24H23N7O2. The molecule has 4 aromatic heterocycles. The molecule has 9 heteroatoms. The van der Waals surface area contributed by atoms with Crippen LogP contribution in [0.4, 0.5) is 0 Å². The molecule has 6 rings (SSSR count). The Kier molecular flexibility index (Phi) is 4.71. The minimum Gasteiger partial charge on any atom is -0.381 e. The Balaban J connectivity index is 1.41. The third-order valence-electron chi connectivity index (χ3n) is 6.77. The van der Waals surface area contributed by atoms with E-state index in [1.165, 1.54) is 0 Å². The molecule has 0 radical (unpaired) electrons. The van der Waals surface area contributed by atoms with Crippen molar-refractivity contribution < 1.29 is 9.47 Å². The van der Waals surface area contributed by atoms with Crippen LogP contribution in [0.25, 0.3) is 33.5 Å². The lowest BCUT2D eigenvalue weighted by Gasteiger charge is -2.45. The highest BCUT2D eigenvalue weighted by molar-refractivity contribution is 5.93. The van der Waals surface area contributed by atoms with E-state index in [-0.39, 0.29) is 17.7 Å². The summed E-state index contributed by atoms with van der Waals surface area (Å²) < 4.78 is 14.6. The van der Waals surface area contributed by atoms with E-state index in [1.54, 1.807) is 13.3 Å². The summed E-state index contributed by atoms with van der Waals surface area (Å²) in [4.78, 5) is 9.56.